The Kier molecular flexibility index (Phi) is 5.03. The van der Waals surface area contributed by atoms with Gasteiger partial charge in [-0.25, -0.2) is 4.79 Å². The van der Waals surface area contributed by atoms with E-state index in [9.17, 15) is 4.79 Å². The fourth-order valence-electron chi connectivity index (χ4n) is 0.483. The highest BCUT2D eigenvalue weighted by Gasteiger charge is 1.96. The van der Waals surface area contributed by atoms with Gasteiger partial charge in [-0.2, -0.15) is 0 Å². The molecule has 0 saturated carbocycles. The maximum absolute atomic E-state index is 10.2. The minimum Gasteiger partial charge on any atom is -0.478 e. The van der Waals surface area contributed by atoms with Crippen LogP contribution in [0.4, 0.5) is 0 Å². The zero-order chi connectivity index (χ0) is 7.98. The third-order valence-corrected chi connectivity index (χ3v) is 1.39. The first kappa shape index (κ1) is 9.50. The molecule has 10 heavy (non-hydrogen) atoms. The Morgan fingerprint density at radius 3 is 2.70 bits per heavy atom. The number of carboxylic acid groups (broad SMARTS) is 1. The van der Waals surface area contributed by atoms with Crippen molar-refractivity contribution in [2.75, 3.05) is 5.88 Å². The van der Waals surface area contributed by atoms with E-state index in [1.165, 1.54) is 0 Å². The summed E-state index contributed by atoms with van der Waals surface area (Å²) in [5.41, 5.74) is 0.394. The number of halogens is 1. The predicted molar refractivity (Wildman–Crippen MR) is 41.3 cm³/mol. The summed E-state index contributed by atoms with van der Waals surface area (Å²) in [7, 11) is 0. The van der Waals surface area contributed by atoms with Crippen molar-refractivity contribution in [3.63, 3.8) is 0 Å². The van der Waals surface area contributed by atoms with E-state index in [0.29, 0.717) is 11.5 Å². The van der Waals surface area contributed by atoms with Crippen LogP contribution >= 0.6 is 11.6 Å². The van der Waals surface area contributed by atoms with Gasteiger partial charge in [0, 0.05) is 11.5 Å². The van der Waals surface area contributed by atoms with Crippen molar-refractivity contribution < 1.29 is 9.90 Å². The Labute approximate surface area is 65.5 Å². The minimum absolute atomic E-state index is 0.394. The molecule has 0 aromatic carbocycles. The van der Waals surface area contributed by atoms with Crippen LogP contribution in [0.25, 0.3) is 0 Å². The SMILES string of the molecule is C/C(=C\CCCCl)C(=O)O. The third-order valence-electron chi connectivity index (χ3n) is 1.13. The van der Waals surface area contributed by atoms with Crippen LogP contribution in [-0.2, 0) is 4.79 Å². The van der Waals surface area contributed by atoms with Gasteiger partial charge < -0.3 is 5.11 Å². The van der Waals surface area contributed by atoms with Crippen LogP contribution in [0, 0.1) is 0 Å². The lowest BCUT2D eigenvalue weighted by molar-refractivity contribution is -0.132. The number of aliphatic carboxylic acids is 1. The molecule has 0 saturated heterocycles. The molecule has 0 heterocycles. The second-order valence-corrected chi connectivity index (χ2v) is 2.40. The van der Waals surface area contributed by atoms with Gasteiger partial charge in [0.1, 0.15) is 0 Å². The summed E-state index contributed by atoms with van der Waals surface area (Å²) in [6.07, 6.45) is 3.28. The van der Waals surface area contributed by atoms with Gasteiger partial charge in [-0.15, -0.1) is 11.6 Å². The molecule has 0 rings (SSSR count). The quantitative estimate of drug-likeness (QED) is 0.390. The molecule has 0 amide bonds. The molecule has 0 bridgehead atoms. The van der Waals surface area contributed by atoms with Crippen LogP contribution in [0.1, 0.15) is 19.8 Å². The lowest BCUT2D eigenvalue weighted by Crippen LogP contribution is -1.95. The molecule has 0 aliphatic rings. The van der Waals surface area contributed by atoms with E-state index >= 15 is 0 Å². The van der Waals surface area contributed by atoms with Gasteiger partial charge in [-0.05, 0) is 19.8 Å². The van der Waals surface area contributed by atoms with Gasteiger partial charge in [0.15, 0.2) is 0 Å². The number of hydrogen-bond acceptors (Lipinski definition) is 1. The van der Waals surface area contributed by atoms with Crippen molar-refractivity contribution in [3.05, 3.63) is 11.6 Å². The summed E-state index contributed by atoms with van der Waals surface area (Å²) < 4.78 is 0. The second-order valence-electron chi connectivity index (χ2n) is 2.02. The molecule has 0 spiro atoms. The first-order chi connectivity index (χ1) is 4.68. The van der Waals surface area contributed by atoms with E-state index in [4.69, 9.17) is 16.7 Å². The van der Waals surface area contributed by atoms with Crippen LogP contribution in [0.2, 0.25) is 0 Å². The maximum atomic E-state index is 10.2. The van der Waals surface area contributed by atoms with Crippen LogP contribution in [0.5, 0.6) is 0 Å². The van der Waals surface area contributed by atoms with Crippen molar-refractivity contribution in [1.29, 1.82) is 0 Å². The average Bonchev–Trinajstić information content (AvgIpc) is 1.88. The molecule has 3 heteroatoms. The molecule has 0 aliphatic heterocycles. The summed E-state index contributed by atoms with van der Waals surface area (Å²) in [4.78, 5) is 10.2. The molecule has 0 radical (unpaired) electrons. The number of carbonyl (C=O) groups is 1. The summed E-state index contributed by atoms with van der Waals surface area (Å²) in [5, 5.41) is 8.38. The molecule has 0 aliphatic carbocycles. The highest BCUT2D eigenvalue weighted by atomic mass is 35.5. The van der Waals surface area contributed by atoms with Crippen LogP contribution in [0.3, 0.4) is 0 Å². The number of carboxylic acids is 1. The molecule has 2 nitrogen and oxygen atoms in total. The van der Waals surface area contributed by atoms with Crippen LogP contribution < -0.4 is 0 Å². The molecule has 0 aromatic rings. The van der Waals surface area contributed by atoms with Crippen molar-refractivity contribution in [1.82, 2.24) is 0 Å². The lowest BCUT2D eigenvalue weighted by atomic mass is 10.2. The van der Waals surface area contributed by atoms with Crippen molar-refractivity contribution in [2.45, 2.75) is 19.8 Å². The standard InChI is InChI=1S/C7H11ClO2/c1-6(7(9)10)4-2-3-5-8/h4H,2-3,5H2,1H3,(H,9,10)/b6-4+. The fraction of sp³-hybridized carbons (Fsp3) is 0.571. The number of rotatable bonds is 4. The zero-order valence-electron chi connectivity index (χ0n) is 5.93. The first-order valence-corrected chi connectivity index (χ1v) is 3.68. The van der Waals surface area contributed by atoms with Gasteiger partial charge in [0.2, 0.25) is 0 Å². The van der Waals surface area contributed by atoms with E-state index in [1.807, 2.05) is 0 Å². The summed E-state index contributed by atoms with van der Waals surface area (Å²) >= 11 is 5.39. The van der Waals surface area contributed by atoms with Crippen LogP contribution in [-0.4, -0.2) is 17.0 Å². The Hall–Kier alpha value is -0.500. The number of hydrogen-bond donors (Lipinski definition) is 1. The van der Waals surface area contributed by atoms with E-state index < -0.39 is 5.97 Å². The highest BCUT2D eigenvalue weighted by Crippen LogP contribution is 1.99. The molecular weight excluding hydrogens is 152 g/mol. The fourth-order valence-corrected chi connectivity index (χ4v) is 0.637. The molecule has 0 atom stereocenters. The first-order valence-electron chi connectivity index (χ1n) is 3.14. The van der Waals surface area contributed by atoms with E-state index in [-0.39, 0.29) is 0 Å². The second kappa shape index (κ2) is 5.30. The van der Waals surface area contributed by atoms with Gasteiger partial charge >= 0.3 is 5.97 Å². The molecule has 58 valence electrons. The third kappa shape index (κ3) is 4.39. The van der Waals surface area contributed by atoms with Gasteiger partial charge in [-0.1, -0.05) is 6.08 Å². The van der Waals surface area contributed by atoms with Gasteiger partial charge in [0.25, 0.3) is 0 Å². The Morgan fingerprint density at radius 2 is 2.30 bits per heavy atom. The molecule has 1 N–H and O–H groups in total. The Balaban J connectivity index is 3.58. The van der Waals surface area contributed by atoms with Crippen molar-refractivity contribution in [3.8, 4) is 0 Å². The number of unbranched alkanes of at least 4 members (excludes halogenated alkanes) is 1. The summed E-state index contributed by atoms with van der Waals surface area (Å²) in [6.45, 7) is 1.58. The maximum Gasteiger partial charge on any atom is 0.330 e. The Bertz CT molecular complexity index is 141. The molecule has 0 aromatic heterocycles. The van der Waals surface area contributed by atoms with Crippen molar-refractivity contribution >= 4 is 17.6 Å². The number of alkyl halides is 1. The topological polar surface area (TPSA) is 37.3 Å². The smallest absolute Gasteiger partial charge is 0.330 e. The van der Waals surface area contributed by atoms with Crippen molar-refractivity contribution in [2.24, 2.45) is 0 Å². The van der Waals surface area contributed by atoms with E-state index in [1.54, 1.807) is 13.0 Å². The van der Waals surface area contributed by atoms with Gasteiger partial charge in [-0.3, -0.25) is 0 Å². The highest BCUT2D eigenvalue weighted by molar-refractivity contribution is 6.17. The normalized spacial score (nSPS) is 11.6. The molecule has 0 unspecified atom stereocenters. The summed E-state index contributed by atoms with van der Waals surface area (Å²) in [5.74, 6) is -0.266. The zero-order valence-corrected chi connectivity index (χ0v) is 6.69. The van der Waals surface area contributed by atoms with E-state index in [0.717, 1.165) is 12.8 Å². The monoisotopic (exact) mass is 162 g/mol. The predicted octanol–water partition coefficient (Wildman–Crippen LogP) is 2.04. The molecule has 0 fully saturated rings. The van der Waals surface area contributed by atoms with Crippen LogP contribution in [0.15, 0.2) is 11.6 Å². The van der Waals surface area contributed by atoms with E-state index in [2.05, 4.69) is 0 Å². The summed E-state index contributed by atoms with van der Waals surface area (Å²) in [6, 6.07) is 0. The minimum atomic E-state index is -0.852. The lowest BCUT2D eigenvalue weighted by Gasteiger charge is -1.91. The largest absolute Gasteiger partial charge is 0.478 e. The average molecular weight is 163 g/mol. The molecular formula is C7H11ClO2. The number of allylic oxidation sites excluding steroid dienone is 1. The van der Waals surface area contributed by atoms with Gasteiger partial charge in [0.05, 0.1) is 0 Å². The Morgan fingerprint density at radius 1 is 1.70 bits per heavy atom.